The van der Waals surface area contributed by atoms with Crippen LogP contribution in [0, 0.1) is 5.92 Å². The Hall–Kier alpha value is -3.25. The van der Waals surface area contributed by atoms with Gasteiger partial charge in [0.25, 0.3) is 0 Å². The van der Waals surface area contributed by atoms with E-state index in [1.54, 1.807) is 0 Å². The molecule has 0 atom stereocenters. The first-order chi connectivity index (χ1) is 16.2. The zero-order chi connectivity index (χ0) is 22.9. The lowest BCUT2D eigenvalue weighted by atomic mass is 9.88. The fraction of sp³-hybridized carbons (Fsp3) is 0.259. The molecule has 0 unspecified atom stereocenters. The lowest BCUT2D eigenvalue weighted by Gasteiger charge is -2.20. The summed E-state index contributed by atoms with van der Waals surface area (Å²) >= 11 is 1.46. The fourth-order valence-corrected chi connectivity index (χ4v) is 4.52. The summed E-state index contributed by atoms with van der Waals surface area (Å²) < 4.78 is 5.77. The van der Waals surface area contributed by atoms with Gasteiger partial charge in [0.15, 0.2) is 0 Å². The van der Waals surface area contributed by atoms with Gasteiger partial charge in [0, 0.05) is 22.2 Å². The molecule has 0 aromatic heterocycles. The van der Waals surface area contributed by atoms with Gasteiger partial charge in [-0.3, -0.25) is 9.59 Å². The Kier molecular flexibility index (Phi) is 8.04. The van der Waals surface area contributed by atoms with Crippen molar-refractivity contribution in [3.63, 3.8) is 0 Å². The maximum absolute atomic E-state index is 12.4. The molecule has 1 saturated carbocycles. The van der Waals surface area contributed by atoms with E-state index in [-0.39, 0.29) is 17.7 Å². The number of rotatable bonds is 8. The normalized spacial score (nSPS) is 13.8. The largest absolute Gasteiger partial charge is 0.457 e. The molecule has 5 nitrogen and oxygen atoms in total. The molecule has 1 fully saturated rings. The summed E-state index contributed by atoms with van der Waals surface area (Å²) in [5.41, 5.74) is 1.53. The first-order valence-electron chi connectivity index (χ1n) is 11.3. The number of amides is 2. The Balaban J connectivity index is 1.21. The highest BCUT2D eigenvalue weighted by atomic mass is 32.2. The third-order valence-corrected chi connectivity index (χ3v) is 6.60. The summed E-state index contributed by atoms with van der Waals surface area (Å²) in [6.07, 6.45) is 5.48. The molecular formula is C27H28N2O3S. The van der Waals surface area contributed by atoms with Gasteiger partial charge in [-0.2, -0.15) is 0 Å². The van der Waals surface area contributed by atoms with Gasteiger partial charge < -0.3 is 15.4 Å². The van der Waals surface area contributed by atoms with Crippen LogP contribution in [0.2, 0.25) is 0 Å². The van der Waals surface area contributed by atoms with Crippen LogP contribution in [-0.2, 0) is 9.59 Å². The van der Waals surface area contributed by atoms with Crippen LogP contribution in [0.15, 0.2) is 83.8 Å². The molecule has 2 N–H and O–H groups in total. The van der Waals surface area contributed by atoms with E-state index in [1.807, 2.05) is 78.9 Å². The van der Waals surface area contributed by atoms with Crippen molar-refractivity contribution < 1.29 is 14.3 Å². The first-order valence-corrected chi connectivity index (χ1v) is 12.3. The van der Waals surface area contributed by atoms with Crippen LogP contribution in [0.5, 0.6) is 11.5 Å². The van der Waals surface area contributed by atoms with Crippen LogP contribution >= 0.6 is 11.8 Å². The Labute approximate surface area is 198 Å². The Morgan fingerprint density at radius 2 is 1.36 bits per heavy atom. The monoisotopic (exact) mass is 460 g/mol. The highest BCUT2D eigenvalue weighted by Gasteiger charge is 2.20. The smallest absolute Gasteiger partial charge is 0.234 e. The van der Waals surface area contributed by atoms with Crippen LogP contribution in [0.1, 0.15) is 32.1 Å². The van der Waals surface area contributed by atoms with E-state index >= 15 is 0 Å². The van der Waals surface area contributed by atoms with Crippen molar-refractivity contribution in [2.24, 2.45) is 5.92 Å². The molecule has 0 aliphatic heterocycles. The lowest BCUT2D eigenvalue weighted by Crippen LogP contribution is -2.24. The first kappa shape index (κ1) is 22.9. The van der Waals surface area contributed by atoms with Gasteiger partial charge in [-0.25, -0.2) is 0 Å². The molecule has 0 saturated heterocycles. The number of hydrogen-bond donors (Lipinski definition) is 2. The number of anilines is 2. The topological polar surface area (TPSA) is 67.4 Å². The van der Waals surface area contributed by atoms with Crippen LogP contribution in [0.3, 0.4) is 0 Å². The average Bonchev–Trinajstić information content (AvgIpc) is 2.86. The predicted octanol–water partition coefficient (Wildman–Crippen LogP) is 6.73. The number of ether oxygens (including phenoxy) is 1. The maximum atomic E-state index is 12.4. The summed E-state index contributed by atoms with van der Waals surface area (Å²) in [7, 11) is 0. The second kappa shape index (κ2) is 11.6. The maximum Gasteiger partial charge on any atom is 0.234 e. The third kappa shape index (κ3) is 7.12. The third-order valence-electron chi connectivity index (χ3n) is 5.58. The number of nitrogens with one attached hydrogen (secondary N) is 2. The van der Waals surface area contributed by atoms with Crippen molar-refractivity contribution >= 4 is 35.0 Å². The van der Waals surface area contributed by atoms with E-state index in [1.165, 1.54) is 18.2 Å². The number of para-hydroxylation sites is 1. The molecule has 6 heteroatoms. The molecule has 2 amide bonds. The van der Waals surface area contributed by atoms with Gasteiger partial charge in [0.1, 0.15) is 11.5 Å². The van der Waals surface area contributed by atoms with E-state index in [4.69, 9.17) is 4.74 Å². The number of benzene rings is 3. The summed E-state index contributed by atoms with van der Waals surface area (Å²) in [5.74, 6) is 1.96. The van der Waals surface area contributed by atoms with E-state index in [9.17, 15) is 9.59 Å². The molecule has 3 aromatic carbocycles. The fourth-order valence-electron chi connectivity index (χ4n) is 3.82. The van der Waals surface area contributed by atoms with E-state index in [2.05, 4.69) is 10.6 Å². The van der Waals surface area contributed by atoms with Gasteiger partial charge in [0.2, 0.25) is 11.8 Å². The summed E-state index contributed by atoms with van der Waals surface area (Å²) in [6.45, 7) is 0. The number of hydrogen-bond acceptors (Lipinski definition) is 4. The van der Waals surface area contributed by atoms with Crippen LogP contribution in [0.25, 0.3) is 0 Å². The Morgan fingerprint density at radius 1 is 0.758 bits per heavy atom. The van der Waals surface area contributed by atoms with Gasteiger partial charge in [-0.05, 0) is 73.5 Å². The number of carbonyl (C=O) groups excluding carboxylic acids is 2. The van der Waals surface area contributed by atoms with Crippen molar-refractivity contribution in [2.75, 3.05) is 16.4 Å². The number of thioether (sulfide) groups is 1. The molecular weight excluding hydrogens is 432 g/mol. The molecule has 0 spiro atoms. The second-order valence-corrected chi connectivity index (χ2v) is 9.17. The van der Waals surface area contributed by atoms with Crippen molar-refractivity contribution in [1.29, 1.82) is 0 Å². The average molecular weight is 461 g/mol. The molecule has 170 valence electrons. The lowest BCUT2D eigenvalue weighted by molar-refractivity contribution is -0.120. The molecule has 0 bridgehead atoms. The molecule has 4 rings (SSSR count). The standard InChI is InChI=1S/C27H28N2O3S/c30-26(28-21-11-15-24(16-12-21)32-23-9-5-2-6-10-23)19-33-25-17-13-22(14-18-25)29-27(31)20-7-3-1-4-8-20/h2,5-6,9-18,20H,1,3-4,7-8,19H2,(H,28,30)(H,29,31). The highest BCUT2D eigenvalue weighted by molar-refractivity contribution is 8.00. The summed E-state index contributed by atoms with van der Waals surface area (Å²) in [6, 6.07) is 24.5. The second-order valence-electron chi connectivity index (χ2n) is 8.12. The molecule has 0 radical (unpaired) electrons. The van der Waals surface area contributed by atoms with Crippen LogP contribution < -0.4 is 15.4 Å². The van der Waals surface area contributed by atoms with Gasteiger partial charge in [0.05, 0.1) is 5.75 Å². The quantitative estimate of drug-likeness (QED) is 0.366. The minimum atomic E-state index is -0.0774. The molecule has 0 heterocycles. The van der Waals surface area contributed by atoms with Crippen molar-refractivity contribution in [3.8, 4) is 11.5 Å². The molecule has 1 aliphatic carbocycles. The van der Waals surface area contributed by atoms with E-state index < -0.39 is 0 Å². The molecule has 3 aromatic rings. The van der Waals surface area contributed by atoms with E-state index in [0.29, 0.717) is 11.5 Å². The van der Waals surface area contributed by atoms with Crippen LogP contribution in [0.4, 0.5) is 11.4 Å². The van der Waals surface area contributed by atoms with Crippen LogP contribution in [-0.4, -0.2) is 17.6 Å². The number of carbonyl (C=O) groups is 2. The zero-order valence-corrected chi connectivity index (χ0v) is 19.3. The minimum Gasteiger partial charge on any atom is -0.457 e. The Morgan fingerprint density at radius 3 is 2.06 bits per heavy atom. The highest BCUT2D eigenvalue weighted by Crippen LogP contribution is 2.26. The van der Waals surface area contributed by atoms with E-state index in [0.717, 1.165) is 47.7 Å². The molecule has 1 aliphatic rings. The van der Waals surface area contributed by atoms with Gasteiger partial charge in [-0.1, -0.05) is 37.5 Å². The predicted molar refractivity (Wildman–Crippen MR) is 134 cm³/mol. The van der Waals surface area contributed by atoms with Gasteiger partial charge >= 0.3 is 0 Å². The van der Waals surface area contributed by atoms with Crippen molar-refractivity contribution in [3.05, 3.63) is 78.9 Å². The minimum absolute atomic E-state index is 0.0774. The Bertz CT molecular complexity index is 1050. The van der Waals surface area contributed by atoms with Crippen molar-refractivity contribution in [2.45, 2.75) is 37.0 Å². The SMILES string of the molecule is O=C(CSc1ccc(NC(=O)C2CCCCC2)cc1)Nc1ccc(Oc2ccccc2)cc1. The summed E-state index contributed by atoms with van der Waals surface area (Å²) in [4.78, 5) is 25.7. The summed E-state index contributed by atoms with van der Waals surface area (Å²) in [5, 5.41) is 5.92. The van der Waals surface area contributed by atoms with Gasteiger partial charge in [-0.15, -0.1) is 11.8 Å². The van der Waals surface area contributed by atoms with Crippen molar-refractivity contribution in [1.82, 2.24) is 0 Å². The molecule has 33 heavy (non-hydrogen) atoms. The zero-order valence-electron chi connectivity index (χ0n) is 18.5.